The first-order valence-electron chi connectivity index (χ1n) is 9.05. The number of carbonyl (C=O) groups excluding carboxylic acids is 1. The van der Waals surface area contributed by atoms with E-state index >= 15 is 0 Å². The molecule has 0 saturated heterocycles. The van der Waals surface area contributed by atoms with Gasteiger partial charge in [-0.1, -0.05) is 18.2 Å². The normalized spacial score (nSPS) is 13.4. The molecule has 0 saturated carbocycles. The second-order valence-corrected chi connectivity index (χ2v) is 6.62. The van der Waals surface area contributed by atoms with E-state index in [2.05, 4.69) is 4.90 Å². The molecule has 2 aromatic rings. The van der Waals surface area contributed by atoms with Crippen molar-refractivity contribution in [2.45, 2.75) is 19.3 Å². The number of benzene rings is 2. The third-order valence-corrected chi connectivity index (χ3v) is 4.70. The van der Waals surface area contributed by atoms with Gasteiger partial charge in [-0.05, 0) is 43.0 Å². The van der Waals surface area contributed by atoms with E-state index in [-0.39, 0.29) is 10.6 Å². The van der Waals surface area contributed by atoms with Crippen LogP contribution in [0.5, 0.6) is 5.75 Å². The van der Waals surface area contributed by atoms with Crippen LogP contribution >= 0.6 is 0 Å². The van der Waals surface area contributed by atoms with Gasteiger partial charge in [0, 0.05) is 44.5 Å². The summed E-state index contributed by atoms with van der Waals surface area (Å²) in [5.41, 5.74) is 2.14. The van der Waals surface area contributed by atoms with Gasteiger partial charge in [-0.3, -0.25) is 10.1 Å². The first-order chi connectivity index (χ1) is 13.0. The molecular weight excluding hydrogens is 346 g/mol. The maximum absolute atomic E-state index is 12.2. The van der Waals surface area contributed by atoms with Gasteiger partial charge in [0.15, 0.2) is 0 Å². The Balaban J connectivity index is 1.63. The van der Waals surface area contributed by atoms with Gasteiger partial charge < -0.3 is 14.5 Å². The first kappa shape index (κ1) is 18.7. The Kier molecular flexibility index (Phi) is 5.90. The molecule has 0 unspecified atom stereocenters. The van der Waals surface area contributed by atoms with E-state index in [4.69, 9.17) is 4.74 Å². The van der Waals surface area contributed by atoms with Crippen LogP contribution in [0.25, 0.3) is 0 Å². The van der Waals surface area contributed by atoms with Crippen LogP contribution < -0.4 is 9.64 Å². The molecule has 3 rings (SSSR count). The van der Waals surface area contributed by atoms with E-state index in [9.17, 15) is 14.9 Å². The quantitative estimate of drug-likeness (QED) is 0.591. The topological polar surface area (TPSA) is 75.9 Å². The summed E-state index contributed by atoms with van der Waals surface area (Å²) in [6.07, 6.45) is 2.44. The molecule has 0 radical (unpaired) electrons. The molecule has 2 aromatic carbocycles. The van der Waals surface area contributed by atoms with Crippen LogP contribution in [-0.2, 0) is 6.42 Å². The number of anilines is 1. The molecule has 1 aliphatic heterocycles. The molecule has 142 valence electrons. The summed E-state index contributed by atoms with van der Waals surface area (Å²) in [6.45, 7) is 2.01. The monoisotopic (exact) mass is 369 g/mol. The fourth-order valence-electron chi connectivity index (χ4n) is 3.19. The number of aryl methyl sites for hydroxylation is 1. The molecular formula is C20H23N3O4. The number of likely N-dealkylation sites (N-methyl/N-ethyl adjacent to an activating group) is 1. The minimum Gasteiger partial charge on any atom is -0.410 e. The van der Waals surface area contributed by atoms with E-state index in [0.29, 0.717) is 18.8 Å². The molecule has 1 amide bonds. The van der Waals surface area contributed by atoms with Crippen LogP contribution in [-0.4, -0.2) is 42.6 Å². The Labute approximate surface area is 158 Å². The molecule has 1 aliphatic rings. The van der Waals surface area contributed by atoms with Crippen molar-refractivity contribution < 1.29 is 14.5 Å². The summed E-state index contributed by atoms with van der Waals surface area (Å²) >= 11 is 0. The van der Waals surface area contributed by atoms with E-state index in [1.54, 1.807) is 36.2 Å². The molecule has 0 fully saturated rings. The molecule has 7 heteroatoms. The van der Waals surface area contributed by atoms with Gasteiger partial charge in [-0.15, -0.1) is 0 Å². The van der Waals surface area contributed by atoms with Gasteiger partial charge in [0.2, 0.25) is 0 Å². The van der Waals surface area contributed by atoms with Crippen molar-refractivity contribution in [2.24, 2.45) is 0 Å². The number of hydrogen-bond donors (Lipinski definition) is 0. The second-order valence-electron chi connectivity index (χ2n) is 6.62. The van der Waals surface area contributed by atoms with Crippen LogP contribution in [0.1, 0.15) is 18.4 Å². The van der Waals surface area contributed by atoms with Crippen molar-refractivity contribution in [3.63, 3.8) is 0 Å². The summed E-state index contributed by atoms with van der Waals surface area (Å²) in [6, 6.07) is 14.0. The Bertz CT molecular complexity index is 810. The van der Waals surface area contributed by atoms with Crippen LogP contribution in [0.15, 0.2) is 48.5 Å². The molecule has 0 spiro atoms. The van der Waals surface area contributed by atoms with Crippen molar-refractivity contribution in [3.05, 3.63) is 64.2 Å². The fraction of sp³-hybridized carbons (Fsp3) is 0.350. The summed E-state index contributed by atoms with van der Waals surface area (Å²) in [5.74, 6) is 0.516. The lowest BCUT2D eigenvalue weighted by Crippen LogP contribution is -2.38. The zero-order valence-corrected chi connectivity index (χ0v) is 15.3. The number of fused-ring (bicyclic) bond motifs is 1. The smallest absolute Gasteiger partial charge is 0.410 e. The van der Waals surface area contributed by atoms with Gasteiger partial charge in [0.25, 0.3) is 5.69 Å². The highest BCUT2D eigenvalue weighted by Gasteiger charge is 2.20. The van der Waals surface area contributed by atoms with Gasteiger partial charge in [-0.25, -0.2) is 4.79 Å². The Morgan fingerprint density at radius 1 is 1.22 bits per heavy atom. The fourth-order valence-corrected chi connectivity index (χ4v) is 3.19. The number of amides is 1. The molecule has 0 aromatic heterocycles. The number of carbonyl (C=O) groups is 1. The second kappa shape index (κ2) is 8.53. The number of hydrogen-bond acceptors (Lipinski definition) is 5. The number of rotatable bonds is 5. The van der Waals surface area contributed by atoms with Gasteiger partial charge >= 0.3 is 6.09 Å². The lowest BCUT2D eigenvalue weighted by atomic mass is 10.1. The zero-order valence-electron chi connectivity index (χ0n) is 15.3. The average molecular weight is 369 g/mol. The SMILES string of the molecule is CN(CCN1CCCCc2cc([N+](=O)[O-])ccc21)C(=O)Oc1ccccc1. The Morgan fingerprint density at radius 3 is 2.74 bits per heavy atom. The van der Waals surface area contributed by atoms with Crippen molar-refractivity contribution in [2.75, 3.05) is 31.6 Å². The lowest BCUT2D eigenvalue weighted by molar-refractivity contribution is -0.384. The van der Waals surface area contributed by atoms with E-state index < -0.39 is 6.09 Å². The van der Waals surface area contributed by atoms with E-state index in [1.807, 2.05) is 24.3 Å². The summed E-state index contributed by atoms with van der Waals surface area (Å²) in [4.78, 5) is 26.6. The summed E-state index contributed by atoms with van der Waals surface area (Å²) < 4.78 is 5.35. The number of nitro groups is 1. The standard InChI is InChI=1S/C20H23N3O4/c1-21(20(24)27-18-8-3-2-4-9-18)13-14-22-12-6-5-7-16-15-17(23(25)26)10-11-19(16)22/h2-4,8-11,15H,5-7,12-14H2,1H3. The number of ether oxygens (including phenoxy) is 1. The van der Waals surface area contributed by atoms with E-state index in [1.165, 1.54) is 0 Å². The predicted molar refractivity (Wildman–Crippen MR) is 103 cm³/mol. The summed E-state index contributed by atoms with van der Waals surface area (Å²) in [7, 11) is 1.71. The molecule has 0 bridgehead atoms. The molecule has 27 heavy (non-hydrogen) atoms. The molecule has 1 heterocycles. The molecule has 0 atom stereocenters. The number of non-ortho nitro benzene ring substituents is 1. The van der Waals surface area contributed by atoms with Crippen molar-refractivity contribution in [1.29, 1.82) is 0 Å². The lowest BCUT2D eigenvalue weighted by Gasteiger charge is -2.27. The summed E-state index contributed by atoms with van der Waals surface area (Å²) in [5, 5.41) is 11.0. The first-order valence-corrected chi connectivity index (χ1v) is 9.05. The highest BCUT2D eigenvalue weighted by Crippen LogP contribution is 2.29. The number of para-hydroxylation sites is 1. The van der Waals surface area contributed by atoms with Crippen molar-refractivity contribution >= 4 is 17.5 Å². The zero-order chi connectivity index (χ0) is 19.2. The average Bonchev–Trinajstić information content (AvgIpc) is 2.88. The largest absolute Gasteiger partial charge is 0.415 e. The minimum atomic E-state index is -0.403. The maximum Gasteiger partial charge on any atom is 0.415 e. The third kappa shape index (κ3) is 4.75. The maximum atomic E-state index is 12.2. The van der Waals surface area contributed by atoms with Crippen molar-refractivity contribution in [3.8, 4) is 5.75 Å². The van der Waals surface area contributed by atoms with Gasteiger partial charge in [0.05, 0.1) is 4.92 Å². The Morgan fingerprint density at radius 2 is 2.00 bits per heavy atom. The minimum absolute atomic E-state index is 0.124. The van der Waals surface area contributed by atoms with Gasteiger partial charge in [-0.2, -0.15) is 0 Å². The molecule has 7 nitrogen and oxygen atoms in total. The van der Waals surface area contributed by atoms with Crippen LogP contribution in [0, 0.1) is 10.1 Å². The van der Waals surface area contributed by atoms with Crippen LogP contribution in [0.4, 0.5) is 16.2 Å². The predicted octanol–water partition coefficient (Wildman–Crippen LogP) is 3.87. The van der Waals surface area contributed by atoms with Crippen LogP contribution in [0.3, 0.4) is 0 Å². The highest BCUT2D eigenvalue weighted by atomic mass is 16.6. The highest BCUT2D eigenvalue weighted by molar-refractivity contribution is 5.70. The van der Waals surface area contributed by atoms with E-state index in [0.717, 1.165) is 37.1 Å². The molecule has 0 aliphatic carbocycles. The number of nitrogens with zero attached hydrogens (tertiary/aromatic N) is 3. The van der Waals surface area contributed by atoms with Gasteiger partial charge in [0.1, 0.15) is 5.75 Å². The van der Waals surface area contributed by atoms with Crippen LogP contribution in [0.2, 0.25) is 0 Å². The third-order valence-electron chi connectivity index (χ3n) is 4.70. The Hall–Kier alpha value is -3.09. The molecule has 0 N–H and O–H groups in total. The number of nitro benzene ring substituents is 1. The van der Waals surface area contributed by atoms with Crippen molar-refractivity contribution in [1.82, 2.24) is 4.90 Å².